The minimum Gasteiger partial charge on any atom is -0.444 e. The van der Waals surface area contributed by atoms with Crippen molar-refractivity contribution in [3.05, 3.63) is 30.0 Å². The zero-order valence-electron chi connectivity index (χ0n) is 8.46. The molecule has 0 aromatic carbocycles. The molecule has 0 aliphatic heterocycles. The van der Waals surface area contributed by atoms with E-state index in [4.69, 9.17) is 4.42 Å². The van der Waals surface area contributed by atoms with Gasteiger partial charge in [-0.3, -0.25) is 4.79 Å². The summed E-state index contributed by atoms with van der Waals surface area (Å²) in [6, 6.07) is 0. The van der Waals surface area contributed by atoms with Gasteiger partial charge in [-0.1, -0.05) is 13.5 Å². The van der Waals surface area contributed by atoms with E-state index in [9.17, 15) is 4.79 Å². The van der Waals surface area contributed by atoms with Crippen LogP contribution in [0.2, 0.25) is 0 Å². The number of aromatic nitrogens is 1. The molecule has 0 radical (unpaired) electrons. The highest BCUT2D eigenvalue weighted by Crippen LogP contribution is 2.09. The number of carbonyl (C=O) groups excluding carboxylic acids is 1. The van der Waals surface area contributed by atoms with E-state index in [1.807, 2.05) is 13.8 Å². The summed E-state index contributed by atoms with van der Waals surface area (Å²) in [5.74, 6) is 1.20. The van der Waals surface area contributed by atoms with Crippen LogP contribution in [0.3, 0.4) is 0 Å². The fraction of sp³-hybridized carbons (Fsp3) is 0.400. The van der Waals surface area contributed by atoms with Gasteiger partial charge in [-0.05, 0) is 13.0 Å². The Labute approximate surface area is 83.0 Å². The maximum Gasteiger partial charge on any atom is 0.243 e. The number of carbonyl (C=O) groups is 1. The SMILES string of the molecule is C=CC(=O)NCc1oc(CC)nc1C. The quantitative estimate of drug-likeness (QED) is 0.736. The highest BCUT2D eigenvalue weighted by molar-refractivity contribution is 5.86. The van der Waals surface area contributed by atoms with Crippen molar-refractivity contribution in [3.8, 4) is 0 Å². The molecule has 0 spiro atoms. The van der Waals surface area contributed by atoms with Crippen molar-refractivity contribution in [3.63, 3.8) is 0 Å². The molecule has 1 N–H and O–H groups in total. The molecule has 0 bridgehead atoms. The summed E-state index contributed by atoms with van der Waals surface area (Å²) >= 11 is 0. The number of aryl methyl sites for hydroxylation is 2. The van der Waals surface area contributed by atoms with Gasteiger partial charge in [0.25, 0.3) is 0 Å². The maximum absolute atomic E-state index is 10.9. The molecule has 14 heavy (non-hydrogen) atoms. The highest BCUT2D eigenvalue weighted by atomic mass is 16.4. The fourth-order valence-corrected chi connectivity index (χ4v) is 1.04. The average molecular weight is 194 g/mol. The minimum absolute atomic E-state index is 0.209. The van der Waals surface area contributed by atoms with Crippen LogP contribution in [0.25, 0.3) is 0 Å². The molecule has 1 heterocycles. The summed E-state index contributed by atoms with van der Waals surface area (Å²) in [5.41, 5.74) is 0.825. The molecule has 76 valence electrons. The van der Waals surface area contributed by atoms with Crippen LogP contribution in [0, 0.1) is 6.92 Å². The van der Waals surface area contributed by atoms with Crippen LogP contribution < -0.4 is 5.32 Å². The Bertz CT molecular complexity index is 342. The van der Waals surface area contributed by atoms with E-state index >= 15 is 0 Å². The van der Waals surface area contributed by atoms with Crippen molar-refractivity contribution in [2.24, 2.45) is 0 Å². The van der Waals surface area contributed by atoms with E-state index < -0.39 is 0 Å². The second-order valence-corrected chi connectivity index (χ2v) is 2.89. The lowest BCUT2D eigenvalue weighted by Crippen LogP contribution is -2.20. The molecule has 0 aliphatic carbocycles. The van der Waals surface area contributed by atoms with E-state index in [2.05, 4.69) is 16.9 Å². The number of amides is 1. The third kappa shape index (κ3) is 2.45. The van der Waals surface area contributed by atoms with Crippen molar-refractivity contribution in [2.75, 3.05) is 0 Å². The van der Waals surface area contributed by atoms with E-state index in [0.29, 0.717) is 18.2 Å². The molecule has 1 rings (SSSR count). The van der Waals surface area contributed by atoms with Crippen molar-refractivity contribution in [1.82, 2.24) is 10.3 Å². The maximum atomic E-state index is 10.9. The average Bonchev–Trinajstić information content (AvgIpc) is 2.55. The Hall–Kier alpha value is -1.58. The molecule has 0 unspecified atom stereocenters. The number of oxazole rings is 1. The van der Waals surface area contributed by atoms with Gasteiger partial charge >= 0.3 is 0 Å². The monoisotopic (exact) mass is 194 g/mol. The van der Waals surface area contributed by atoms with Gasteiger partial charge in [0.05, 0.1) is 12.2 Å². The first-order chi connectivity index (χ1) is 6.67. The van der Waals surface area contributed by atoms with Crippen LogP contribution >= 0.6 is 0 Å². The molecule has 0 fully saturated rings. The fourth-order valence-electron chi connectivity index (χ4n) is 1.04. The third-order valence-corrected chi connectivity index (χ3v) is 1.85. The summed E-state index contributed by atoms with van der Waals surface area (Å²) in [6.45, 7) is 7.55. The summed E-state index contributed by atoms with van der Waals surface area (Å²) in [5, 5.41) is 2.64. The Kier molecular flexibility index (Phi) is 3.45. The molecule has 0 saturated carbocycles. The van der Waals surface area contributed by atoms with E-state index in [1.54, 1.807) is 0 Å². The molecule has 1 amide bonds. The van der Waals surface area contributed by atoms with Crippen LogP contribution in [-0.4, -0.2) is 10.9 Å². The van der Waals surface area contributed by atoms with Gasteiger partial charge < -0.3 is 9.73 Å². The van der Waals surface area contributed by atoms with Gasteiger partial charge in [-0.15, -0.1) is 0 Å². The molecule has 1 aromatic heterocycles. The topological polar surface area (TPSA) is 55.1 Å². The van der Waals surface area contributed by atoms with Gasteiger partial charge in [0.1, 0.15) is 5.76 Å². The molecule has 0 atom stereocenters. The molecular formula is C10H14N2O2. The highest BCUT2D eigenvalue weighted by Gasteiger charge is 2.08. The third-order valence-electron chi connectivity index (χ3n) is 1.85. The second kappa shape index (κ2) is 4.60. The van der Waals surface area contributed by atoms with Crippen LogP contribution in [-0.2, 0) is 17.8 Å². The lowest BCUT2D eigenvalue weighted by molar-refractivity contribution is -0.116. The minimum atomic E-state index is -0.209. The first-order valence-electron chi connectivity index (χ1n) is 4.52. The lowest BCUT2D eigenvalue weighted by Gasteiger charge is -1.98. The van der Waals surface area contributed by atoms with Crippen molar-refractivity contribution in [2.45, 2.75) is 26.8 Å². The summed E-state index contributed by atoms with van der Waals surface area (Å²) in [7, 11) is 0. The van der Waals surface area contributed by atoms with Crippen LogP contribution in [0.4, 0.5) is 0 Å². The predicted molar refractivity (Wildman–Crippen MR) is 52.7 cm³/mol. The zero-order valence-corrected chi connectivity index (χ0v) is 8.46. The van der Waals surface area contributed by atoms with Crippen LogP contribution in [0.1, 0.15) is 24.3 Å². The van der Waals surface area contributed by atoms with Crippen molar-refractivity contribution >= 4 is 5.91 Å². The van der Waals surface area contributed by atoms with Crippen molar-refractivity contribution in [1.29, 1.82) is 0 Å². The first kappa shape index (κ1) is 10.5. The summed E-state index contributed by atoms with van der Waals surface area (Å²) < 4.78 is 5.40. The Morgan fingerprint density at radius 3 is 2.93 bits per heavy atom. The molecular weight excluding hydrogens is 180 g/mol. The Morgan fingerprint density at radius 1 is 1.71 bits per heavy atom. The molecule has 4 nitrogen and oxygen atoms in total. The largest absolute Gasteiger partial charge is 0.444 e. The number of hydrogen-bond donors (Lipinski definition) is 1. The van der Waals surface area contributed by atoms with Gasteiger partial charge in [0.2, 0.25) is 5.91 Å². The predicted octanol–water partition coefficient (Wildman–Crippen LogP) is 1.35. The molecule has 0 aliphatic rings. The molecule has 1 aromatic rings. The van der Waals surface area contributed by atoms with Crippen molar-refractivity contribution < 1.29 is 9.21 Å². The van der Waals surface area contributed by atoms with Gasteiger partial charge in [0.15, 0.2) is 5.89 Å². The van der Waals surface area contributed by atoms with Gasteiger partial charge in [-0.2, -0.15) is 0 Å². The van der Waals surface area contributed by atoms with Crippen LogP contribution in [0.15, 0.2) is 17.1 Å². The standard InChI is InChI=1S/C10H14N2O2/c1-4-9(13)11-6-8-7(3)12-10(5-2)14-8/h4H,1,5-6H2,2-3H3,(H,11,13). The second-order valence-electron chi connectivity index (χ2n) is 2.89. The molecule has 0 saturated heterocycles. The number of nitrogens with one attached hydrogen (secondary N) is 1. The zero-order chi connectivity index (χ0) is 10.6. The molecule has 4 heteroatoms. The number of hydrogen-bond acceptors (Lipinski definition) is 3. The normalized spacial score (nSPS) is 9.86. The van der Waals surface area contributed by atoms with E-state index in [1.165, 1.54) is 6.08 Å². The Balaban J connectivity index is 2.62. The van der Waals surface area contributed by atoms with E-state index in [-0.39, 0.29) is 5.91 Å². The summed E-state index contributed by atoms with van der Waals surface area (Å²) in [6.07, 6.45) is 1.99. The van der Waals surface area contributed by atoms with Gasteiger partial charge in [0, 0.05) is 6.42 Å². The number of nitrogens with zero attached hydrogens (tertiary/aromatic N) is 1. The van der Waals surface area contributed by atoms with Crippen LogP contribution in [0.5, 0.6) is 0 Å². The summed E-state index contributed by atoms with van der Waals surface area (Å²) in [4.78, 5) is 15.1. The first-order valence-corrected chi connectivity index (χ1v) is 4.52. The number of rotatable bonds is 4. The lowest BCUT2D eigenvalue weighted by atomic mass is 10.3. The van der Waals surface area contributed by atoms with Gasteiger partial charge in [-0.25, -0.2) is 4.98 Å². The Morgan fingerprint density at radius 2 is 2.43 bits per heavy atom. The smallest absolute Gasteiger partial charge is 0.243 e. The van der Waals surface area contributed by atoms with E-state index in [0.717, 1.165) is 12.1 Å².